The second-order valence-electron chi connectivity index (χ2n) is 5.14. The number of hydrogen-bond donors (Lipinski definition) is 1. The van der Waals surface area contributed by atoms with E-state index < -0.39 is 11.7 Å². The monoisotopic (exact) mass is 312 g/mol. The Bertz CT molecular complexity index is 638. The number of halogens is 3. The van der Waals surface area contributed by atoms with E-state index in [4.69, 9.17) is 4.74 Å². The molecule has 0 aromatic carbocycles. The molecule has 0 saturated carbocycles. The molecule has 0 unspecified atom stereocenters. The molecule has 1 aliphatic rings. The van der Waals surface area contributed by atoms with Gasteiger partial charge < -0.3 is 10.1 Å². The van der Waals surface area contributed by atoms with E-state index >= 15 is 0 Å². The lowest BCUT2D eigenvalue weighted by Crippen LogP contribution is -2.25. The first-order valence-electron chi connectivity index (χ1n) is 6.84. The number of pyridine rings is 1. The summed E-state index contributed by atoms with van der Waals surface area (Å²) in [6.45, 7) is 0.578. The maximum absolute atomic E-state index is 12.5. The molecule has 0 spiro atoms. The second-order valence-corrected chi connectivity index (χ2v) is 5.14. The van der Waals surface area contributed by atoms with Crippen LogP contribution in [0.3, 0.4) is 0 Å². The Morgan fingerprint density at radius 1 is 1.32 bits per heavy atom. The smallest absolute Gasteiger partial charge is 0.370 e. The van der Waals surface area contributed by atoms with Crippen molar-refractivity contribution in [2.45, 2.75) is 24.7 Å². The lowest BCUT2D eigenvalue weighted by Gasteiger charge is -2.20. The van der Waals surface area contributed by atoms with Gasteiger partial charge in [-0.25, -0.2) is 4.98 Å². The van der Waals surface area contributed by atoms with Crippen molar-refractivity contribution in [2.24, 2.45) is 7.05 Å². The minimum atomic E-state index is -4.38. The van der Waals surface area contributed by atoms with Gasteiger partial charge in [0.05, 0.1) is 17.3 Å². The minimum absolute atomic E-state index is 0.0559. The minimum Gasteiger partial charge on any atom is -0.370 e. The fraction of sp³-hybridized carbons (Fsp3) is 0.429. The number of alkyl halides is 3. The lowest BCUT2D eigenvalue weighted by molar-refractivity contribution is -0.137. The quantitative estimate of drug-likeness (QED) is 0.947. The third-order valence-electron chi connectivity index (χ3n) is 3.67. The van der Waals surface area contributed by atoms with Crippen LogP contribution in [0.25, 0.3) is 0 Å². The van der Waals surface area contributed by atoms with E-state index in [1.54, 1.807) is 10.9 Å². The first kappa shape index (κ1) is 14.8. The predicted octanol–water partition coefficient (Wildman–Crippen LogP) is 2.78. The number of aryl methyl sites for hydroxylation is 1. The summed E-state index contributed by atoms with van der Waals surface area (Å²) < 4.78 is 45.0. The molecule has 118 valence electrons. The first-order valence-corrected chi connectivity index (χ1v) is 6.84. The third-order valence-corrected chi connectivity index (χ3v) is 3.67. The van der Waals surface area contributed by atoms with Crippen LogP contribution < -0.4 is 5.32 Å². The maximum Gasteiger partial charge on any atom is 0.417 e. The molecule has 0 bridgehead atoms. The highest BCUT2D eigenvalue weighted by molar-refractivity contribution is 5.38. The molecular formula is C14H15F3N4O. The zero-order chi connectivity index (χ0) is 15.7. The van der Waals surface area contributed by atoms with E-state index in [0.717, 1.165) is 24.4 Å². The highest BCUT2D eigenvalue weighted by atomic mass is 19.4. The van der Waals surface area contributed by atoms with Crippen molar-refractivity contribution in [3.8, 4) is 0 Å². The van der Waals surface area contributed by atoms with Gasteiger partial charge in [0, 0.05) is 26.0 Å². The molecular weight excluding hydrogens is 297 g/mol. The zero-order valence-electron chi connectivity index (χ0n) is 11.8. The van der Waals surface area contributed by atoms with Crippen molar-refractivity contribution in [3.05, 3.63) is 41.9 Å². The number of rotatable bonds is 3. The molecule has 5 nitrogen and oxygen atoms in total. The lowest BCUT2D eigenvalue weighted by atomic mass is 10.1. The van der Waals surface area contributed by atoms with Gasteiger partial charge in [0.25, 0.3) is 0 Å². The SMILES string of the molecule is Cn1nccc1[C@H]1OCC[C@@H]1Nc1ccc(C(F)(F)F)cn1. The molecule has 22 heavy (non-hydrogen) atoms. The van der Waals surface area contributed by atoms with Crippen molar-refractivity contribution in [3.63, 3.8) is 0 Å². The van der Waals surface area contributed by atoms with Crippen molar-refractivity contribution in [1.82, 2.24) is 14.8 Å². The Balaban J connectivity index is 1.74. The summed E-state index contributed by atoms with van der Waals surface area (Å²) in [6.07, 6.45) is -1.31. The molecule has 0 aliphatic carbocycles. The van der Waals surface area contributed by atoms with E-state index in [9.17, 15) is 13.2 Å². The van der Waals surface area contributed by atoms with Crippen LogP contribution in [0.5, 0.6) is 0 Å². The van der Waals surface area contributed by atoms with Crippen LogP contribution in [-0.2, 0) is 18.0 Å². The summed E-state index contributed by atoms with van der Waals surface area (Å²) in [6, 6.07) is 4.16. The number of ether oxygens (including phenoxy) is 1. The van der Waals surface area contributed by atoms with Crippen molar-refractivity contribution in [1.29, 1.82) is 0 Å². The van der Waals surface area contributed by atoms with Crippen LogP contribution in [0.1, 0.15) is 23.8 Å². The van der Waals surface area contributed by atoms with Gasteiger partial charge in [-0.05, 0) is 24.6 Å². The van der Waals surface area contributed by atoms with Gasteiger partial charge in [-0.1, -0.05) is 0 Å². The van der Waals surface area contributed by atoms with Crippen molar-refractivity contribution >= 4 is 5.82 Å². The Labute approximate surface area is 125 Å². The van der Waals surface area contributed by atoms with Gasteiger partial charge in [0.15, 0.2) is 0 Å². The van der Waals surface area contributed by atoms with Crippen LogP contribution in [0.4, 0.5) is 19.0 Å². The number of nitrogens with one attached hydrogen (secondary N) is 1. The highest BCUT2D eigenvalue weighted by Gasteiger charge is 2.33. The summed E-state index contributed by atoms with van der Waals surface area (Å²) in [5.41, 5.74) is 0.158. The van der Waals surface area contributed by atoms with Gasteiger partial charge >= 0.3 is 6.18 Å². The molecule has 1 N–H and O–H groups in total. The van der Waals surface area contributed by atoms with Crippen LogP contribution in [0.2, 0.25) is 0 Å². The van der Waals surface area contributed by atoms with Crippen LogP contribution in [0, 0.1) is 0 Å². The maximum atomic E-state index is 12.5. The topological polar surface area (TPSA) is 52.0 Å². The van der Waals surface area contributed by atoms with Crippen molar-refractivity contribution in [2.75, 3.05) is 11.9 Å². The summed E-state index contributed by atoms with van der Waals surface area (Å²) in [5, 5.41) is 7.25. The molecule has 0 radical (unpaired) electrons. The standard InChI is InChI=1S/C14H15F3N4O/c1-21-11(4-6-19-21)13-10(5-7-22-13)20-12-3-2-9(8-18-12)14(15,16)17/h2-4,6,8,10,13H,5,7H2,1H3,(H,18,20)/t10-,13-/m0/s1. The number of anilines is 1. The first-order chi connectivity index (χ1) is 10.4. The molecule has 0 amide bonds. The Morgan fingerprint density at radius 2 is 2.14 bits per heavy atom. The Hall–Kier alpha value is -2.09. The van der Waals surface area contributed by atoms with E-state index in [2.05, 4.69) is 15.4 Å². The zero-order valence-corrected chi connectivity index (χ0v) is 11.8. The van der Waals surface area contributed by atoms with Crippen LogP contribution in [0.15, 0.2) is 30.6 Å². The van der Waals surface area contributed by atoms with Crippen molar-refractivity contribution < 1.29 is 17.9 Å². The fourth-order valence-electron chi connectivity index (χ4n) is 2.53. The third kappa shape index (κ3) is 2.92. The molecule has 8 heteroatoms. The van der Waals surface area contributed by atoms with E-state index in [-0.39, 0.29) is 12.1 Å². The molecule has 2 atom stereocenters. The number of aromatic nitrogens is 3. The van der Waals surface area contributed by atoms with Gasteiger partial charge in [0.1, 0.15) is 11.9 Å². The van der Waals surface area contributed by atoms with E-state index in [1.807, 2.05) is 13.1 Å². The van der Waals surface area contributed by atoms with E-state index in [0.29, 0.717) is 12.4 Å². The molecule has 1 aliphatic heterocycles. The normalized spacial score (nSPS) is 22.0. The summed E-state index contributed by atoms with van der Waals surface area (Å²) in [7, 11) is 1.82. The highest BCUT2D eigenvalue weighted by Crippen LogP contribution is 2.32. The summed E-state index contributed by atoms with van der Waals surface area (Å²) >= 11 is 0. The summed E-state index contributed by atoms with van der Waals surface area (Å²) in [5.74, 6) is 0.399. The van der Waals surface area contributed by atoms with Gasteiger partial charge in [-0.3, -0.25) is 4.68 Å². The second kappa shape index (κ2) is 5.60. The number of nitrogens with zero attached hydrogens (tertiary/aromatic N) is 3. The predicted molar refractivity (Wildman–Crippen MR) is 73.2 cm³/mol. The average molecular weight is 312 g/mol. The largest absolute Gasteiger partial charge is 0.417 e. The van der Waals surface area contributed by atoms with Crippen LogP contribution in [-0.4, -0.2) is 27.4 Å². The fourth-order valence-corrected chi connectivity index (χ4v) is 2.53. The molecule has 1 saturated heterocycles. The van der Waals surface area contributed by atoms with Gasteiger partial charge in [-0.15, -0.1) is 0 Å². The molecule has 3 heterocycles. The molecule has 1 fully saturated rings. The Morgan fingerprint density at radius 3 is 2.73 bits per heavy atom. The molecule has 3 rings (SSSR count). The summed E-state index contributed by atoms with van der Waals surface area (Å²) in [4.78, 5) is 3.84. The van der Waals surface area contributed by atoms with E-state index in [1.165, 1.54) is 6.07 Å². The number of hydrogen-bond acceptors (Lipinski definition) is 4. The van der Waals surface area contributed by atoms with Crippen LogP contribution >= 0.6 is 0 Å². The average Bonchev–Trinajstić information content (AvgIpc) is 3.07. The Kier molecular flexibility index (Phi) is 3.78. The molecule has 2 aromatic heterocycles. The van der Waals surface area contributed by atoms with Gasteiger partial charge in [0.2, 0.25) is 0 Å². The molecule has 2 aromatic rings. The van der Waals surface area contributed by atoms with Gasteiger partial charge in [-0.2, -0.15) is 18.3 Å².